The molecule has 0 aromatic carbocycles. The number of primary amides is 1. The number of cyclic esters (lactones) is 1. The zero-order chi connectivity index (χ0) is 18.4. The SMILES string of the molecule is CC1(COS(=O)(=O)ON2C(=O)N3C[C@H]2CC[C@H]3C(N)=O)CCOC1=O. The van der Waals surface area contributed by atoms with Gasteiger partial charge in [-0.1, -0.05) is 0 Å². The van der Waals surface area contributed by atoms with E-state index in [2.05, 4.69) is 0 Å². The maximum atomic E-state index is 12.3. The molecule has 0 aromatic heterocycles. The second-order valence-electron chi connectivity index (χ2n) is 6.60. The molecule has 3 rings (SSSR count). The van der Waals surface area contributed by atoms with Gasteiger partial charge < -0.3 is 15.4 Å². The Labute approximate surface area is 144 Å². The summed E-state index contributed by atoms with van der Waals surface area (Å²) in [6, 6.07) is -2.06. The van der Waals surface area contributed by atoms with Crippen molar-refractivity contribution in [3.8, 4) is 0 Å². The summed E-state index contributed by atoms with van der Waals surface area (Å²) in [6.45, 7) is 1.41. The topological polar surface area (TPSA) is 146 Å². The minimum Gasteiger partial charge on any atom is -0.465 e. The number of nitrogens with two attached hydrogens (primary N) is 1. The Hall–Kier alpha value is -1.92. The highest BCUT2D eigenvalue weighted by Gasteiger charge is 2.49. The van der Waals surface area contributed by atoms with Crippen molar-refractivity contribution in [1.82, 2.24) is 9.96 Å². The van der Waals surface area contributed by atoms with Gasteiger partial charge in [0, 0.05) is 6.54 Å². The molecule has 0 radical (unpaired) electrons. The number of esters is 1. The normalized spacial score (nSPS) is 32.2. The van der Waals surface area contributed by atoms with E-state index < -0.39 is 52.4 Å². The van der Waals surface area contributed by atoms with Crippen molar-refractivity contribution in [2.75, 3.05) is 19.8 Å². The van der Waals surface area contributed by atoms with E-state index >= 15 is 0 Å². The zero-order valence-corrected chi connectivity index (χ0v) is 14.4. The van der Waals surface area contributed by atoms with Crippen molar-refractivity contribution in [3.05, 3.63) is 0 Å². The Kier molecular flexibility index (Phi) is 4.37. The number of hydrogen-bond acceptors (Lipinski definition) is 8. The number of hydrogen-bond donors (Lipinski definition) is 1. The first kappa shape index (κ1) is 17.9. The molecule has 0 aromatic rings. The Morgan fingerprint density at radius 3 is 2.72 bits per heavy atom. The van der Waals surface area contributed by atoms with Gasteiger partial charge in [0.15, 0.2) is 0 Å². The molecule has 3 amide bonds. The van der Waals surface area contributed by atoms with Gasteiger partial charge in [-0.2, -0.15) is 13.5 Å². The molecule has 12 heteroatoms. The largest absolute Gasteiger partial charge is 0.465 e. The zero-order valence-electron chi connectivity index (χ0n) is 13.5. The summed E-state index contributed by atoms with van der Waals surface area (Å²) in [7, 11) is -4.57. The van der Waals surface area contributed by atoms with Gasteiger partial charge in [-0.05, 0) is 26.2 Å². The standard InChI is InChI=1S/C13H19N3O8S/c1-13(4-5-22-11(13)18)7-23-25(20,21)24-16-8-2-3-9(10(14)17)15(6-8)12(16)19/h8-9H,2-7H2,1H3,(H2,14,17)/t8-,9+,13?/m1/s1. The maximum Gasteiger partial charge on any atom is 0.421 e. The quantitative estimate of drug-likeness (QED) is 0.573. The number of hydroxylamine groups is 2. The Bertz CT molecular complexity index is 710. The number of fused-ring (bicyclic) bond motifs is 2. The number of amides is 3. The highest BCUT2D eigenvalue weighted by molar-refractivity contribution is 7.81. The van der Waals surface area contributed by atoms with Gasteiger partial charge in [-0.3, -0.25) is 9.59 Å². The smallest absolute Gasteiger partial charge is 0.421 e. The van der Waals surface area contributed by atoms with Gasteiger partial charge >= 0.3 is 22.4 Å². The Balaban J connectivity index is 1.64. The summed E-state index contributed by atoms with van der Waals surface area (Å²) >= 11 is 0. The lowest BCUT2D eigenvalue weighted by atomic mass is 9.91. The predicted octanol–water partition coefficient (Wildman–Crippen LogP) is -1.11. The van der Waals surface area contributed by atoms with E-state index in [0.29, 0.717) is 24.3 Å². The van der Waals surface area contributed by atoms with Crippen LogP contribution < -0.4 is 5.73 Å². The highest BCUT2D eigenvalue weighted by atomic mass is 32.3. The molecule has 3 fully saturated rings. The fourth-order valence-corrected chi connectivity index (χ4v) is 3.95. The van der Waals surface area contributed by atoms with Crippen LogP contribution in [-0.4, -0.2) is 68.1 Å². The lowest BCUT2D eigenvalue weighted by Crippen LogP contribution is -2.47. The molecule has 25 heavy (non-hydrogen) atoms. The molecular formula is C13H19N3O8S. The molecule has 3 aliphatic rings. The van der Waals surface area contributed by atoms with E-state index in [-0.39, 0.29) is 13.2 Å². The summed E-state index contributed by atoms with van der Waals surface area (Å²) in [4.78, 5) is 36.4. The lowest BCUT2D eigenvalue weighted by Gasteiger charge is -2.27. The third-order valence-electron chi connectivity index (χ3n) is 4.72. The van der Waals surface area contributed by atoms with E-state index in [1.165, 1.54) is 11.8 Å². The van der Waals surface area contributed by atoms with Crippen LogP contribution in [0.25, 0.3) is 0 Å². The second kappa shape index (κ2) is 6.11. The van der Waals surface area contributed by atoms with Crippen molar-refractivity contribution >= 4 is 28.3 Å². The van der Waals surface area contributed by atoms with E-state index in [9.17, 15) is 22.8 Å². The number of carbonyl (C=O) groups excluding carboxylic acids is 3. The first-order valence-corrected chi connectivity index (χ1v) is 9.12. The number of piperidine rings is 1. The van der Waals surface area contributed by atoms with Crippen molar-refractivity contribution in [2.24, 2.45) is 11.1 Å². The Morgan fingerprint density at radius 2 is 2.12 bits per heavy atom. The summed E-state index contributed by atoms with van der Waals surface area (Å²) in [5.41, 5.74) is 4.17. The van der Waals surface area contributed by atoms with Crippen LogP contribution in [0.1, 0.15) is 26.2 Å². The van der Waals surface area contributed by atoms with Crippen LogP contribution in [0, 0.1) is 5.41 Å². The van der Waals surface area contributed by atoms with E-state index in [1.54, 1.807) is 0 Å². The molecule has 2 N–H and O–H groups in total. The molecule has 11 nitrogen and oxygen atoms in total. The molecule has 140 valence electrons. The first-order chi connectivity index (χ1) is 11.6. The summed E-state index contributed by atoms with van der Waals surface area (Å²) < 4.78 is 38.4. The van der Waals surface area contributed by atoms with Crippen LogP contribution in [-0.2, 0) is 33.2 Å². The Morgan fingerprint density at radius 1 is 1.40 bits per heavy atom. The molecule has 3 saturated heterocycles. The highest BCUT2D eigenvalue weighted by Crippen LogP contribution is 2.32. The van der Waals surface area contributed by atoms with Crippen LogP contribution in [0.4, 0.5) is 4.79 Å². The third kappa shape index (κ3) is 3.28. The van der Waals surface area contributed by atoms with Crippen molar-refractivity contribution in [2.45, 2.75) is 38.3 Å². The number of ether oxygens (including phenoxy) is 1. The van der Waals surface area contributed by atoms with Crippen LogP contribution in [0.3, 0.4) is 0 Å². The molecule has 0 aliphatic carbocycles. The third-order valence-corrected chi connectivity index (χ3v) is 5.47. The van der Waals surface area contributed by atoms with Gasteiger partial charge in [-0.25, -0.2) is 8.98 Å². The van der Waals surface area contributed by atoms with Gasteiger partial charge in [0.05, 0.1) is 24.7 Å². The average Bonchev–Trinajstić information content (AvgIpc) is 2.99. The van der Waals surface area contributed by atoms with E-state index in [4.69, 9.17) is 18.9 Å². The van der Waals surface area contributed by atoms with Crippen LogP contribution >= 0.6 is 0 Å². The van der Waals surface area contributed by atoms with E-state index in [1.807, 2.05) is 0 Å². The minimum absolute atomic E-state index is 0.145. The van der Waals surface area contributed by atoms with Gasteiger partial charge in [-0.15, -0.1) is 4.28 Å². The molecule has 2 bridgehead atoms. The molecule has 0 spiro atoms. The maximum absolute atomic E-state index is 12.3. The van der Waals surface area contributed by atoms with Crippen LogP contribution in [0.15, 0.2) is 0 Å². The lowest BCUT2D eigenvalue weighted by molar-refractivity contribution is -0.147. The molecular weight excluding hydrogens is 358 g/mol. The van der Waals surface area contributed by atoms with Crippen LogP contribution in [0.5, 0.6) is 0 Å². The number of rotatable bonds is 6. The fraction of sp³-hybridized carbons (Fsp3) is 0.769. The van der Waals surface area contributed by atoms with E-state index in [0.717, 1.165) is 0 Å². The molecule has 3 heterocycles. The molecule has 0 saturated carbocycles. The average molecular weight is 377 g/mol. The van der Waals surface area contributed by atoms with Crippen LogP contribution in [0.2, 0.25) is 0 Å². The van der Waals surface area contributed by atoms with Crippen molar-refractivity contribution < 1.29 is 36.0 Å². The summed E-state index contributed by atoms with van der Waals surface area (Å²) in [6.07, 6.45) is 1.02. The second-order valence-corrected chi connectivity index (χ2v) is 7.80. The predicted molar refractivity (Wildman–Crippen MR) is 79.6 cm³/mol. The van der Waals surface area contributed by atoms with Crippen molar-refractivity contribution in [1.29, 1.82) is 0 Å². The van der Waals surface area contributed by atoms with Gasteiger partial charge in [0.25, 0.3) is 0 Å². The number of carbonyl (C=O) groups is 3. The first-order valence-electron chi connectivity index (χ1n) is 7.78. The van der Waals surface area contributed by atoms with Gasteiger partial charge in [0.2, 0.25) is 5.91 Å². The molecule has 3 atom stereocenters. The number of urea groups is 1. The van der Waals surface area contributed by atoms with Crippen molar-refractivity contribution in [3.63, 3.8) is 0 Å². The minimum atomic E-state index is -4.57. The molecule has 1 unspecified atom stereocenters. The molecule has 3 aliphatic heterocycles. The number of nitrogens with zero attached hydrogens (tertiary/aromatic N) is 2. The van der Waals surface area contributed by atoms with Gasteiger partial charge in [0.1, 0.15) is 6.04 Å². The fourth-order valence-electron chi connectivity index (χ4n) is 3.12. The monoisotopic (exact) mass is 377 g/mol. The summed E-state index contributed by atoms with van der Waals surface area (Å²) in [5, 5.41) is 0.688. The summed E-state index contributed by atoms with van der Waals surface area (Å²) in [5.74, 6) is -1.20.